The highest BCUT2D eigenvalue weighted by Gasteiger charge is 2.37. The van der Waals surface area contributed by atoms with E-state index in [4.69, 9.17) is 4.74 Å². The summed E-state index contributed by atoms with van der Waals surface area (Å²) >= 11 is 3.34. The molecular formula is C14H21BrN2O3S. The average molecular weight is 377 g/mol. The van der Waals surface area contributed by atoms with E-state index in [9.17, 15) is 8.42 Å². The van der Waals surface area contributed by atoms with Crippen molar-refractivity contribution in [1.82, 2.24) is 9.21 Å². The van der Waals surface area contributed by atoms with E-state index in [1.807, 2.05) is 19.0 Å². The van der Waals surface area contributed by atoms with Crippen molar-refractivity contribution in [3.63, 3.8) is 0 Å². The average Bonchev–Trinajstić information content (AvgIpc) is 2.86. The molecule has 1 heterocycles. The van der Waals surface area contributed by atoms with Crippen molar-refractivity contribution in [3.8, 4) is 5.75 Å². The lowest BCUT2D eigenvalue weighted by Gasteiger charge is -2.27. The highest BCUT2D eigenvalue weighted by Crippen LogP contribution is 2.33. The molecule has 1 aromatic rings. The van der Waals surface area contributed by atoms with Crippen LogP contribution in [0.2, 0.25) is 0 Å². The molecule has 1 saturated heterocycles. The van der Waals surface area contributed by atoms with E-state index in [2.05, 4.69) is 15.9 Å². The fraction of sp³-hybridized carbons (Fsp3) is 0.571. The van der Waals surface area contributed by atoms with Crippen molar-refractivity contribution in [3.05, 3.63) is 22.7 Å². The van der Waals surface area contributed by atoms with Gasteiger partial charge in [0.05, 0.1) is 7.11 Å². The maximum absolute atomic E-state index is 13.0. The summed E-state index contributed by atoms with van der Waals surface area (Å²) in [5, 5.41) is 0. The van der Waals surface area contributed by atoms with Crippen LogP contribution < -0.4 is 4.74 Å². The van der Waals surface area contributed by atoms with Crippen LogP contribution in [-0.4, -0.2) is 58.0 Å². The monoisotopic (exact) mass is 376 g/mol. The Labute approximate surface area is 135 Å². The van der Waals surface area contributed by atoms with E-state index in [0.717, 1.165) is 23.9 Å². The molecule has 21 heavy (non-hydrogen) atoms. The first-order valence-electron chi connectivity index (χ1n) is 6.86. The first-order chi connectivity index (χ1) is 9.86. The van der Waals surface area contributed by atoms with Gasteiger partial charge in [-0.3, -0.25) is 0 Å². The third kappa shape index (κ3) is 3.59. The largest absolute Gasteiger partial charge is 0.495 e. The van der Waals surface area contributed by atoms with Gasteiger partial charge in [0.15, 0.2) is 0 Å². The van der Waals surface area contributed by atoms with Gasteiger partial charge in [-0.05, 0) is 45.1 Å². The number of methoxy groups -OCH3 is 1. The van der Waals surface area contributed by atoms with Gasteiger partial charge < -0.3 is 9.64 Å². The lowest BCUT2D eigenvalue weighted by Crippen LogP contribution is -2.41. The van der Waals surface area contributed by atoms with E-state index in [-0.39, 0.29) is 10.9 Å². The minimum Gasteiger partial charge on any atom is -0.495 e. The highest BCUT2D eigenvalue weighted by molar-refractivity contribution is 9.10. The second kappa shape index (κ2) is 6.64. The first-order valence-corrected chi connectivity index (χ1v) is 9.09. The molecule has 1 aliphatic rings. The topological polar surface area (TPSA) is 49.9 Å². The Bertz CT molecular complexity index is 604. The molecule has 0 aromatic heterocycles. The Kier molecular flexibility index (Phi) is 5.29. The van der Waals surface area contributed by atoms with Gasteiger partial charge in [-0.25, -0.2) is 8.42 Å². The summed E-state index contributed by atoms with van der Waals surface area (Å²) in [4.78, 5) is 2.25. The van der Waals surface area contributed by atoms with Crippen molar-refractivity contribution >= 4 is 26.0 Å². The summed E-state index contributed by atoms with van der Waals surface area (Å²) < 4.78 is 33.5. The van der Waals surface area contributed by atoms with E-state index in [0.29, 0.717) is 12.3 Å². The number of benzene rings is 1. The number of nitrogens with zero attached hydrogens (tertiary/aromatic N) is 2. The van der Waals surface area contributed by atoms with Crippen molar-refractivity contribution in [2.45, 2.75) is 23.8 Å². The normalized spacial score (nSPS) is 20.1. The summed E-state index contributed by atoms with van der Waals surface area (Å²) in [6, 6.07) is 5.08. The van der Waals surface area contributed by atoms with Crippen LogP contribution in [0.3, 0.4) is 0 Å². The molecule has 0 N–H and O–H groups in total. The second-order valence-corrected chi connectivity index (χ2v) is 8.24. The van der Waals surface area contributed by atoms with Gasteiger partial charge in [0.25, 0.3) is 0 Å². The minimum atomic E-state index is -3.55. The molecule has 1 atom stereocenters. The predicted octanol–water partition coefficient (Wildman–Crippen LogP) is 2.17. The first kappa shape index (κ1) is 16.7. The smallest absolute Gasteiger partial charge is 0.247 e. The summed E-state index contributed by atoms with van der Waals surface area (Å²) in [5.41, 5.74) is 0. The SMILES string of the molecule is COc1ccc(Br)cc1S(=O)(=O)N1CCCC1CN(C)C. The fourth-order valence-electron chi connectivity index (χ4n) is 2.71. The molecular weight excluding hydrogens is 356 g/mol. The predicted molar refractivity (Wildman–Crippen MR) is 86.2 cm³/mol. The molecule has 0 aliphatic carbocycles. The third-order valence-electron chi connectivity index (χ3n) is 3.61. The molecule has 1 aliphatic heterocycles. The molecule has 2 rings (SSSR count). The van der Waals surface area contributed by atoms with Crippen LogP contribution in [0.4, 0.5) is 0 Å². The van der Waals surface area contributed by atoms with E-state index < -0.39 is 10.0 Å². The molecule has 7 heteroatoms. The number of likely N-dealkylation sites (N-methyl/N-ethyl adjacent to an activating group) is 1. The Morgan fingerprint density at radius 2 is 2.14 bits per heavy atom. The van der Waals surface area contributed by atoms with Crippen molar-refractivity contribution in [1.29, 1.82) is 0 Å². The molecule has 0 spiro atoms. The van der Waals surface area contributed by atoms with Crippen LogP contribution in [0.5, 0.6) is 5.75 Å². The number of ether oxygens (including phenoxy) is 1. The Morgan fingerprint density at radius 3 is 2.76 bits per heavy atom. The van der Waals surface area contributed by atoms with E-state index >= 15 is 0 Å². The maximum atomic E-state index is 13.0. The number of halogens is 1. The zero-order valence-electron chi connectivity index (χ0n) is 12.5. The second-order valence-electron chi connectivity index (χ2n) is 5.47. The minimum absolute atomic E-state index is 0.0219. The lowest BCUT2D eigenvalue weighted by molar-refractivity contribution is 0.290. The summed E-state index contributed by atoms with van der Waals surface area (Å²) in [6.07, 6.45) is 1.79. The Morgan fingerprint density at radius 1 is 1.43 bits per heavy atom. The zero-order valence-corrected chi connectivity index (χ0v) is 14.9. The molecule has 0 radical (unpaired) electrons. The van der Waals surface area contributed by atoms with Gasteiger partial charge in [0.1, 0.15) is 10.6 Å². The maximum Gasteiger partial charge on any atom is 0.247 e. The highest BCUT2D eigenvalue weighted by atomic mass is 79.9. The van der Waals surface area contributed by atoms with Gasteiger partial charge in [0, 0.05) is 23.6 Å². The van der Waals surface area contributed by atoms with Crippen LogP contribution in [0.25, 0.3) is 0 Å². The van der Waals surface area contributed by atoms with E-state index in [1.54, 1.807) is 22.5 Å². The van der Waals surface area contributed by atoms with Gasteiger partial charge in [0.2, 0.25) is 10.0 Å². The molecule has 5 nitrogen and oxygen atoms in total. The van der Waals surface area contributed by atoms with Gasteiger partial charge in [-0.1, -0.05) is 15.9 Å². The van der Waals surface area contributed by atoms with Crippen molar-refractivity contribution in [2.24, 2.45) is 0 Å². The third-order valence-corrected chi connectivity index (χ3v) is 6.08. The fourth-order valence-corrected chi connectivity index (χ4v) is 5.09. The van der Waals surface area contributed by atoms with Crippen LogP contribution >= 0.6 is 15.9 Å². The van der Waals surface area contributed by atoms with Gasteiger partial charge >= 0.3 is 0 Å². The standard InChI is InChI=1S/C14H21BrN2O3S/c1-16(2)10-12-5-4-8-17(12)21(18,19)14-9-11(15)6-7-13(14)20-3/h6-7,9,12H,4-5,8,10H2,1-3H3. The Hall–Kier alpha value is -0.630. The molecule has 1 unspecified atom stereocenters. The number of hydrogen-bond acceptors (Lipinski definition) is 4. The quantitative estimate of drug-likeness (QED) is 0.789. The molecule has 0 saturated carbocycles. The van der Waals surface area contributed by atoms with Crippen molar-refractivity contribution in [2.75, 3.05) is 34.3 Å². The molecule has 118 valence electrons. The number of rotatable bonds is 5. The van der Waals surface area contributed by atoms with Crippen LogP contribution in [0, 0.1) is 0 Å². The molecule has 0 bridgehead atoms. The Balaban J connectivity index is 2.39. The summed E-state index contributed by atoms with van der Waals surface area (Å²) in [6.45, 7) is 1.30. The molecule has 1 fully saturated rings. The molecule has 0 amide bonds. The van der Waals surface area contributed by atoms with Crippen LogP contribution in [0.1, 0.15) is 12.8 Å². The summed E-state index contributed by atoms with van der Waals surface area (Å²) in [5.74, 6) is 0.383. The van der Waals surface area contributed by atoms with Gasteiger partial charge in [-0.15, -0.1) is 0 Å². The lowest BCUT2D eigenvalue weighted by atomic mass is 10.2. The van der Waals surface area contributed by atoms with Crippen molar-refractivity contribution < 1.29 is 13.2 Å². The number of sulfonamides is 1. The van der Waals surface area contributed by atoms with E-state index in [1.165, 1.54) is 7.11 Å². The number of hydrogen-bond donors (Lipinski definition) is 0. The summed E-state index contributed by atoms with van der Waals surface area (Å²) in [7, 11) is 1.86. The van der Waals surface area contributed by atoms with Gasteiger partial charge in [-0.2, -0.15) is 4.31 Å². The molecule has 1 aromatic carbocycles. The zero-order chi connectivity index (χ0) is 15.6. The van der Waals surface area contributed by atoms with Crippen LogP contribution in [0.15, 0.2) is 27.6 Å². The van der Waals surface area contributed by atoms with Crippen LogP contribution in [-0.2, 0) is 10.0 Å².